The molecular weight excluding hydrogens is 324 g/mol. The molecular formula is C14H12N2O6S. The van der Waals surface area contributed by atoms with Gasteiger partial charge in [-0.05, 0) is 18.3 Å². The van der Waals surface area contributed by atoms with Crippen molar-refractivity contribution >= 4 is 18.2 Å². The van der Waals surface area contributed by atoms with Crippen LogP contribution in [0.5, 0.6) is 17.4 Å². The molecule has 1 atom stereocenters. The maximum atomic E-state index is 12.2. The molecule has 0 saturated heterocycles. The number of esters is 1. The standard InChI is InChI=1S/C14H12N2O6S/c1-20-6-4-3-5-7(10(6)21-2)13(19)22-9(5)8-11(17)15-14(23)16-12(8)18/h3-4,9H,1-2H3,(H3,15,16,17,18,23)/t9-/m1/s1. The van der Waals surface area contributed by atoms with Crippen molar-refractivity contribution in [1.82, 2.24) is 9.97 Å². The predicted molar refractivity (Wildman–Crippen MR) is 80.7 cm³/mol. The van der Waals surface area contributed by atoms with Crippen LogP contribution in [0.15, 0.2) is 16.9 Å². The third kappa shape index (κ3) is 2.25. The number of fused-ring (bicyclic) bond motifs is 1. The first kappa shape index (κ1) is 15.1. The van der Waals surface area contributed by atoms with Gasteiger partial charge in [-0.15, -0.1) is 0 Å². The fourth-order valence-electron chi connectivity index (χ4n) is 2.54. The van der Waals surface area contributed by atoms with Crippen LogP contribution >= 0.6 is 12.2 Å². The van der Waals surface area contributed by atoms with Crippen LogP contribution in [0.2, 0.25) is 0 Å². The van der Waals surface area contributed by atoms with Crippen LogP contribution in [-0.4, -0.2) is 35.3 Å². The van der Waals surface area contributed by atoms with E-state index in [0.717, 1.165) is 0 Å². The Labute approximate surface area is 134 Å². The summed E-state index contributed by atoms with van der Waals surface area (Å²) in [5.41, 5.74) is -0.248. The average molecular weight is 336 g/mol. The van der Waals surface area contributed by atoms with E-state index in [2.05, 4.69) is 9.97 Å². The average Bonchev–Trinajstić information content (AvgIpc) is 2.82. The number of carbonyl (C=O) groups excluding carboxylic acids is 1. The number of carbonyl (C=O) groups is 1. The second-order valence-corrected chi connectivity index (χ2v) is 5.13. The third-order valence-corrected chi connectivity index (χ3v) is 3.71. The summed E-state index contributed by atoms with van der Waals surface area (Å²) in [4.78, 5) is 29.1. The molecule has 0 amide bonds. The first-order valence-electron chi connectivity index (χ1n) is 6.49. The Balaban J connectivity index is 2.25. The van der Waals surface area contributed by atoms with E-state index in [9.17, 15) is 14.7 Å². The van der Waals surface area contributed by atoms with Crippen molar-refractivity contribution < 1.29 is 24.1 Å². The molecule has 0 bridgehead atoms. The summed E-state index contributed by atoms with van der Waals surface area (Å²) in [6.45, 7) is 0. The smallest absolute Gasteiger partial charge is 0.343 e. The Morgan fingerprint density at radius 2 is 1.96 bits per heavy atom. The molecule has 1 aromatic carbocycles. The SMILES string of the molecule is COc1ccc2c(c1OC)C(=O)O[C@H]2c1c(O)[nH]c(=S)[nH]c1=O. The molecule has 9 heteroatoms. The van der Waals surface area contributed by atoms with Crippen LogP contribution in [0.3, 0.4) is 0 Å². The molecule has 2 aromatic rings. The highest BCUT2D eigenvalue weighted by Crippen LogP contribution is 2.44. The summed E-state index contributed by atoms with van der Waals surface area (Å²) in [5.74, 6) is -0.576. The van der Waals surface area contributed by atoms with Crippen molar-refractivity contribution in [2.45, 2.75) is 6.10 Å². The number of nitrogens with one attached hydrogen (secondary N) is 2. The number of cyclic esters (lactones) is 1. The zero-order valence-electron chi connectivity index (χ0n) is 12.1. The molecule has 8 nitrogen and oxygen atoms in total. The molecule has 3 N–H and O–H groups in total. The van der Waals surface area contributed by atoms with Crippen molar-refractivity contribution in [2.24, 2.45) is 0 Å². The van der Waals surface area contributed by atoms with Gasteiger partial charge in [-0.2, -0.15) is 0 Å². The van der Waals surface area contributed by atoms with E-state index in [1.807, 2.05) is 0 Å². The van der Waals surface area contributed by atoms with E-state index in [0.29, 0.717) is 11.3 Å². The number of H-pyrrole nitrogens is 2. The Morgan fingerprint density at radius 3 is 2.57 bits per heavy atom. The van der Waals surface area contributed by atoms with Crippen LogP contribution in [0, 0.1) is 4.77 Å². The monoisotopic (exact) mass is 336 g/mol. The number of ether oxygens (including phenoxy) is 3. The molecule has 2 heterocycles. The summed E-state index contributed by atoms with van der Waals surface area (Å²) in [5, 5.41) is 9.98. The van der Waals surface area contributed by atoms with Crippen LogP contribution in [0.25, 0.3) is 0 Å². The number of methoxy groups -OCH3 is 2. The molecule has 1 aromatic heterocycles. The van der Waals surface area contributed by atoms with Crippen molar-refractivity contribution in [3.63, 3.8) is 0 Å². The Kier molecular flexibility index (Phi) is 3.57. The normalized spacial score (nSPS) is 15.9. The van der Waals surface area contributed by atoms with Gasteiger partial charge in [-0.3, -0.25) is 9.78 Å². The number of aromatic hydroxyl groups is 1. The minimum atomic E-state index is -1.08. The maximum absolute atomic E-state index is 12.2. The fourth-order valence-corrected chi connectivity index (χ4v) is 2.73. The van der Waals surface area contributed by atoms with Gasteiger partial charge < -0.3 is 24.3 Å². The number of aromatic nitrogens is 2. The summed E-state index contributed by atoms with van der Waals surface area (Å²) < 4.78 is 15.6. The molecule has 0 saturated carbocycles. The second kappa shape index (κ2) is 5.43. The van der Waals surface area contributed by atoms with Crippen LogP contribution in [0.4, 0.5) is 0 Å². The Bertz CT molecular complexity index is 916. The summed E-state index contributed by atoms with van der Waals surface area (Å²) >= 11 is 4.78. The third-order valence-electron chi connectivity index (χ3n) is 3.51. The van der Waals surface area contributed by atoms with Gasteiger partial charge in [0.15, 0.2) is 22.4 Å². The highest BCUT2D eigenvalue weighted by molar-refractivity contribution is 7.71. The lowest BCUT2D eigenvalue weighted by atomic mass is 9.99. The van der Waals surface area contributed by atoms with E-state index < -0.39 is 23.5 Å². The lowest BCUT2D eigenvalue weighted by Crippen LogP contribution is -2.18. The van der Waals surface area contributed by atoms with Crippen molar-refractivity contribution in [1.29, 1.82) is 0 Å². The first-order chi connectivity index (χ1) is 11.0. The largest absolute Gasteiger partial charge is 0.494 e. The van der Waals surface area contributed by atoms with Crippen LogP contribution in [0.1, 0.15) is 27.6 Å². The molecule has 120 valence electrons. The molecule has 1 aliphatic rings. The van der Waals surface area contributed by atoms with Gasteiger partial charge in [0, 0.05) is 5.56 Å². The minimum Gasteiger partial charge on any atom is -0.494 e. The lowest BCUT2D eigenvalue weighted by Gasteiger charge is -2.12. The Morgan fingerprint density at radius 1 is 1.22 bits per heavy atom. The van der Waals surface area contributed by atoms with E-state index in [1.165, 1.54) is 14.2 Å². The molecule has 0 aliphatic carbocycles. The van der Waals surface area contributed by atoms with Crippen molar-refractivity contribution in [2.75, 3.05) is 14.2 Å². The van der Waals surface area contributed by atoms with Gasteiger partial charge in [-0.25, -0.2) is 4.79 Å². The van der Waals surface area contributed by atoms with Crippen LogP contribution < -0.4 is 15.0 Å². The fraction of sp³-hybridized carbons (Fsp3) is 0.214. The lowest BCUT2D eigenvalue weighted by molar-refractivity contribution is 0.0447. The molecule has 0 unspecified atom stereocenters. The van der Waals surface area contributed by atoms with Gasteiger partial charge in [0.05, 0.1) is 14.2 Å². The molecule has 0 fully saturated rings. The number of rotatable bonds is 3. The number of hydrogen-bond donors (Lipinski definition) is 3. The quantitative estimate of drug-likeness (QED) is 0.573. The zero-order valence-corrected chi connectivity index (χ0v) is 12.9. The van der Waals surface area contributed by atoms with Crippen LogP contribution in [-0.2, 0) is 4.74 Å². The van der Waals surface area contributed by atoms with E-state index >= 15 is 0 Å². The maximum Gasteiger partial charge on any atom is 0.343 e. The Hall–Kier alpha value is -2.81. The van der Waals surface area contributed by atoms with Gasteiger partial charge in [-0.1, -0.05) is 6.07 Å². The van der Waals surface area contributed by atoms with E-state index in [-0.39, 0.29) is 21.6 Å². The molecule has 3 rings (SSSR count). The highest BCUT2D eigenvalue weighted by Gasteiger charge is 2.39. The van der Waals surface area contributed by atoms with E-state index in [1.54, 1.807) is 12.1 Å². The molecule has 23 heavy (non-hydrogen) atoms. The summed E-state index contributed by atoms with van der Waals surface area (Å²) in [6, 6.07) is 3.16. The second-order valence-electron chi connectivity index (χ2n) is 4.72. The van der Waals surface area contributed by atoms with E-state index in [4.69, 9.17) is 26.4 Å². The van der Waals surface area contributed by atoms with Gasteiger partial charge in [0.2, 0.25) is 5.88 Å². The minimum absolute atomic E-state index is 0.0342. The van der Waals surface area contributed by atoms with Crippen molar-refractivity contribution in [3.05, 3.63) is 43.9 Å². The zero-order chi connectivity index (χ0) is 16.7. The van der Waals surface area contributed by atoms with Gasteiger partial charge in [0.1, 0.15) is 11.1 Å². The topological polar surface area (TPSA) is 114 Å². The molecule has 0 spiro atoms. The number of aromatic amines is 2. The van der Waals surface area contributed by atoms with Gasteiger partial charge >= 0.3 is 5.97 Å². The number of hydrogen-bond acceptors (Lipinski definition) is 7. The highest BCUT2D eigenvalue weighted by atomic mass is 32.1. The summed E-state index contributed by atoms with van der Waals surface area (Å²) in [7, 11) is 2.83. The van der Waals surface area contributed by atoms with Gasteiger partial charge in [0.25, 0.3) is 5.56 Å². The molecule has 1 aliphatic heterocycles. The predicted octanol–water partition coefficient (Wildman–Crippen LogP) is 1.42. The summed E-state index contributed by atoms with van der Waals surface area (Å²) in [6.07, 6.45) is -1.08. The molecule has 0 radical (unpaired) electrons. The first-order valence-corrected chi connectivity index (χ1v) is 6.90. The van der Waals surface area contributed by atoms with Crippen molar-refractivity contribution in [3.8, 4) is 17.4 Å². The number of benzene rings is 1.